The van der Waals surface area contributed by atoms with Gasteiger partial charge in [-0.1, -0.05) is 12.8 Å². The minimum Gasteiger partial charge on any atom is -0.447 e. The molecule has 0 radical (unpaired) electrons. The number of thiophene rings is 1. The molecule has 33 heavy (non-hydrogen) atoms. The molecule has 2 aromatic rings. The number of piperidine rings is 1. The Morgan fingerprint density at radius 2 is 1.97 bits per heavy atom. The molecule has 1 saturated heterocycles. The minimum absolute atomic E-state index is 0.0514. The number of halogens is 3. The molecule has 1 saturated carbocycles. The number of fused-ring (bicyclic) bond motifs is 1. The molecule has 1 unspecified atom stereocenters. The van der Waals surface area contributed by atoms with Crippen molar-refractivity contribution in [1.29, 1.82) is 0 Å². The maximum atomic E-state index is 13.7. The van der Waals surface area contributed by atoms with Crippen molar-refractivity contribution in [2.75, 3.05) is 25.0 Å². The minimum atomic E-state index is -4.57. The number of nitrogens with one attached hydrogen (secondary N) is 2. The van der Waals surface area contributed by atoms with Crippen LogP contribution in [0.2, 0.25) is 0 Å². The third-order valence-electron chi connectivity index (χ3n) is 6.10. The zero-order valence-electron chi connectivity index (χ0n) is 18.5. The summed E-state index contributed by atoms with van der Waals surface area (Å²) >= 11 is 0.863. The maximum absolute atomic E-state index is 13.7. The number of nitrogens with zero attached hydrogens (tertiary/aromatic N) is 2. The van der Waals surface area contributed by atoms with Gasteiger partial charge in [-0.15, -0.1) is 11.3 Å². The average molecular weight is 485 g/mol. The highest BCUT2D eigenvalue weighted by atomic mass is 32.1. The Balaban J connectivity index is 1.45. The first kappa shape index (κ1) is 23.6. The Labute approximate surface area is 193 Å². The van der Waals surface area contributed by atoms with Crippen LogP contribution in [-0.2, 0) is 10.9 Å². The molecule has 2 fully saturated rings. The number of ether oxygens (including phenoxy) is 1. The summed E-state index contributed by atoms with van der Waals surface area (Å²) in [6.07, 6.45) is -0.773. The molecule has 4 rings (SSSR count). The van der Waals surface area contributed by atoms with E-state index in [1.807, 2.05) is 6.92 Å². The van der Waals surface area contributed by atoms with E-state index in [4.69, 9.17) is 4.74 Å². The van der Waals surface area contributed by atoms with Crippen LogP contribution in [0.3, 0.4) is 0 Å². The SMILES string of the molecule is CNC(=O)c1csc2c(C(F)(F)F)cc(N3CCC(NC(=O)OC(C)CC4CC4)CC3)nc12. The van der Waals surface area contributed by atoms with Crippen LogP contribution in [0.1, 0.15) is 54.9 Å². The fourth-order valence-electron chi connectivity index (χ4n) is 4.17. The Morgan fingerprint density at radius 1 is 1.27 bits per heavy atom. The van der Waals surface area contributed by atoms with Crippen LogP contribution in [0.25, 0.3) is 10.2 Å². The molecule has 0 spiro atoms. The Bertz CT molecular complexity index is 1030. The summed E-state index contributed by atoms with van der Waals surface area (Å²) in [7, 11) is 1.43. The van der Waals surface area contributed by atoms with Gasteiger partial charge in [0.05, 0.1) is 21.3 Å². The number of alkyl carbamates (subject to hydrolysis) is 1. The number of amides is 2. The molecule has 2 N–H and O–H groups in total. The molecule has 11 heteroatoms. The van der Waals surface area contributed by atoms with E-state index in [-0.39, 0.29) is 33.7 Å². The molecule has 180 valence electrons. The largest absolute Gasteiger partial charge is 0.447 e. The van der Waals surface area contributed by atoms with Gasteiger partial charge in [-0.25, -0.2) is 9.78 Å². The highest BCUT2D eigenvalue weighted by Crippen LogP contribution is 2.40. The number of carbonyl (C=O) groups is 2. The number of carbonyl (C=O) groups excluding carboxylic acids is 2. The van der Waals surface area contributed by atoms with Crippen molar-refractivity contribution < 1.29 is 27.5 Å². The maximum Gasteiger partial charge on any atom is 0.417 e. The van der Waals surface area contributed by atoms with Crippen LogP contribution in [-0.4, -0.2) is 49.3 Å². The number of hydrogen-bond donors (Lipinski definition) is 2. The summed E-state index contributed by atoms with van der Waals surface area (Å²) in [5.74, 6) is 0.364. The van der Waals surface area contributed by atoms with Crippen molar-refractivity contribution >= 4 is 39.4 Å². The second kappa shape index (κ2) is 9.36. The van der Waals surface area contributed by atoms with Crippen LogP contribution in [0.5, 0.6) is 0 Å². The van der Waals surface area contributed by atoms with Crippen molar-refractivity contribution in [2.24, 2.45) is 5.92 Å². The van der Waals surface area contributed by atoms with E-state index in [0.717, 1.165) is 23.8 Å². The molecule has 2 aromatic heterocycles. The number of aromatic nitrogens is 1. The highest BCUT2D eigenvalue weighted by Gasteiger charge is 2.36. The third kappa shape index (κ3) is 5.51. The molecule has 0 aromatic carbocycles. The van der Waals surface area contributed by atoms with Gasteiger partial charge in [0.25, 0.3) is 5.91 Å². The number of pyridine rings is 1. The average Bonchev–Trinajstić information content (AvgIpc) is 3.47. The van der Waals surface area contributed by atoms with E-state index in [1.165, 1.54) is 25.3 Å². The second-order valence-electron chi connectivity index (χ2n) is 8.73. The summed E-state index contributed by atoms with van der Waals surface area (Å²) in [5.41, 5.74) is -0.613. The summed E-state index contributed by atoms with van der Waals surface area (Å²) < 4.78 is 46.6. The van der Waals surface area contributed by atoms with Crippen LogP contribution in [0.15, 0.2) is 11.4 Å². The lowest BCUT2D eigenvalue weighted by Gasteiger charge is -2.33. The van der Waals surface area contributed by atoms with Gasteiger partial charge in [-0.3, -0.25) is 4.79 Å². The predicted octanol–water partition coefficient (Wildman–Crippen LogP) is 4.56. The van der Waals surface area contributed by atoms with Crippen LogP contribution < -0.4 is 15.5 Å². The monoisotopic (exact) mass is 484 g/mol. The van der Waals surface area contributed by atoms with Crippen LogP contribution >= 0.6 is 11.3 Å². The van der Waals surface area contributed by atoms with E-state index in [1.54, 1.807) is 4.90 Å². The summed E-state index contributed by atoms with van der Waals surface area (Å²) in [5, 5.41) is 6.72. The van der Waals surface area contributed by atoms with Gasteiger partial charge in [0, 0.05) is 31.6 Å². The quantitative estimate of drug-likeness (QED) is 0.628. The van der Waals surface area contributed by atoms with E-state index < -0.39 is 23.7 Å². The lowest BCUT2D eigenvalue weighted by Crippen LogP contribution is -2.45. The molecule has 7 nitrogen and oxygen atoms in total. The zero-order valence-corrected chi connectivity index (χ0v) is 19.3. The smallest absolute Gasteiger partial charge is 0.417 e. The van der Waals surface area contributed by atoms with Crippen molar-refractivity contribution in [3.63, 3.8) is 0 Å². The molecule has 2 amide bonds. The summed E-state index contributed by atoms with van der Waals surface area (Å²) in [6, 6.07) is 0.934. The molecule has 3 heterocycles. The molecular formula is C22H27F3N4O3S. The normalized spacial score (nSPS) is 18.3. The molecule has 2 aliphatic rings. The van der Waals surface area contributed by atoms with E-state index in [9.17, 15) is 22.8 Å². The Hall–Kier alpha value is -2.56. The van der Waals surface area contributed by atoms with Gasteiger partial charge in [0.15, 0.2) is 0 Å². The van der Waals surface area contributed by atoms with E-state index >= 15 is 0 Å². The topological polar surface area (TPSA) is 83.6 Å². The number of anilines is 1. The number of hydrogen-bond acceptors (Lipinski definition) is 6. The Morgan fingerprint density at radius 3 is 2.58 bits per heavy atom. The standard InChI is InChI=1S/C22H27F3N4O3S/c1-12(9-13-3-4-13)32-21(31)27-14-5-7-29(8-6-14)17-10-16(22(23,24)25)19-18(28-17)15(11-33-19)20(30)26-2/h10-14H,3-9H2,1-2H3,(H,26,30)(H,27,31). The van der Waals surface area contributed by atoms with Gasteiger partial charge >= 0.3 is 12.3 Å². The van der Waals surface area contributed by atoms with Gasteiger partial charge in [-0.05, 0) is 38.2 Å². The number of rotatable bonds is 6. The first-order valence-corrected chi connectivity index (χ1v) is 12.0. The van der Waals surface area contributed by atoms with Gasteiger partial charge < -0.3 is 20.3 Å². The lowest BCUT2D eigenvalue weighted by molar-refractivity contribution is -0.136. The third-order valence-corrected chi connectivity index (χ3v) is 7.10. The second-order valence-corrected chi connectivity index (χ2v) is 9.61. The summed E-state index contributed by atoms with van der Waals surface area (Å²) in [6.45, 7) is 2.74. The molecule has 1 aliphatic heterocycles. The first-order valence-electron chi connectivity index (χ1n) is 11.1. The van der Waals surface area contributed by atoms with Crippen LogP contribution in [0.4, 0.5) is 23.8 Å². The molecule has 1 atom stereocenters. The highest BCUT2D eigenvalue weighted by molar-refractivity contribution is 7.17. The van der Waals surface area contributed by atoms with E-state index in [0.29, 0.717) is 31.8 Å². The zero-order chi connectivity index (χ0) is 23.8. The van der Waals surface area contributed by atoms with Crippen LogP contribution in [0, 0.1) is 5.92 Å². The predicted molar refractivity (Wildman–Crippen MR) is 120 cm³/mol. The van der Waals surface area contributed by atoms with Crippen molar-refractivity contribution in [3.8, 4) is 0 Å². The van der Waals surface area contributed by atoms with Crippen molar-refractivity contribution in [3.05, 3.63) is 22.6 Å². The van der Waals surface area contributed by atoms with Gasteiger partial charge in [0.1, 0.15) is 11.9 Å². The van der Waals surface area contributed by atoms with Crippen molar-refractivity contribution in [1.82, 2.24) is 15.6 Å². The lowest BCUT2D eigenvalue weighted by atomic mass is 10.0. The van der Waals surface area contributed by atoms with Gasteiger partial charge in [0.2, 0.25) is 0 Å². The molecule has 1 aliphatic carbocycles. The Kier molecular flexibility index (Phi) is 6.69. The summed E-state index contributed by atoms with van der Waals surface area (Å²) in [4.78, 5) is 30.5. The van der Waals surface area contributed by atoms with E-state index in [2.05, 4.69) is 15.6 Å². The fraction of sp³-hybridized carbons (Fsp3) is 0.591. The fourth-order valence-corrected chi connectivity index (χ4v) is 5.19. The number of alkyl halides is 3. The van der Waals surface area contributed by atoms with Crippen molar-refractivity contribution in [2.45, 2.75) is 57.3 Å². The van der Waals surface area contributed by atoms with Gasteiger partial charge in [-0.2, -0.15) is 13.2 Å². The molecular weight excluding hydrogens is 457 g/mol. The first-order chi connectivity index (χ1) is 15.7. The molecule has 0 bridgehead atoms.